The first-order valence-corrected chi connectivity index (χ1v) is 17.9. The topological polar surface area (TPSA) is 192 Å². The Morgan fingerprint density at radius 2 is 1.70 bits per heavy atom. The molecule has 268 valence electrons. The fourth-order valence-corrected chi connectivity index (χ4v) is 7.64. The largest absolute Gasteiger partial charge is 0.460 e. The average molecular weight is 665 g/mol. The second-order valence-electron chi connectivity index (χ2n) is 14.0. The Morgan fingerprint density at radius 3 is 2.30 bits per heavy atom. The molecule has 1 saturated heterocycles. The van der Waals surface area contributed by atoms with Crippen LogP contribution in [-0.4, -0.2) is 103 Å². The Kier molecular flexibility index (Phi) is 15.4. The van der Waals surface area contributed by atoms with Crippen molar-refractivity contribution in [2.24, 2.45) is 29.4 Å². The first-order valence-electron chi connectivity index (χ1n) is 17.9. The van der Waals surface area contributed by atoms with Gasteiger partial charge in [0.25, 0.3) is 0 Å². The molecule has 1 heterocycles. The van der Waals surface area contributed by atoms with Crippen molar-refractivity contribution in [1.29, 1.82) is 0 Å². The lowest BCUT2D eigenvalue weighted by Gasteiger charge is -2.36. The van der Waals surface area contributed by atoms with Crippen molar-refractivity contribution in [1.82, 2.24) is 26.2 Å². The Hall–Kier alpha value is -2.77. The number of likely N-dealkylation sites (N-methyl/N-ethyl adjacent to an activating group) is 1. The molecule has 13 nitrogen and oxygen atoms in total. The Labute approximate surface area is 280 Å². The van der Waals surface area contributed by atoms with Crippen LogP contribution >= 0.6 is 0 Å². The quantitative estimate of drug-likeness (QED) is 0.146. The third-order valence-electron chi connectivity index (χ3n) is 10.5. The van der Waals surface area contributed by atoms with Crippen LogP contribution in [0.3, 0.4) is 0 Å². The van der Waals surface area contributed by atoms with Crippen LogP contribution in [0, 0.1) is 23.7 Å². The lowest BCUT2D eigenvalue weighted by Crippen LogP contribution is -2.62. The minimum atomic E-state index is -1.41. The van der Waals surface area contributed by atoms with Crippen LogP contribution < -0.4 is 27.0 Å². The Balaban J connectivity index is 1.94. The van der Waals surface area contributed by atoms with Crippen LogP contribution in [0.4, 0.5) is 0 Å². The zero-order valence-electron chi connectivity index (χ0n) is 29.1. The molecule has 2 bridgehead atoms. The van der Waals surface area contributed by atoms with E-state index < -0.39 is 60.6 Å². The molecule has 3 rings (SSSR count). The molecule has 47 heavy (non-hydrogen) atoms. The molecular weight excluding hydrogens is 604 g/mol. The fraction of sp³-hybridized carbons (Fsp3) is 0.853. The van der Waals surface area contributed by atoms with Crippen LogP contribution in [0.5, 0.6) is 0 Å². The number of amides is 4. The molecule has 0 radical (unpaired) electrons. The number of hydrogen-bond acceptors (Lipinski definition) is 9. The predicted octanol–water partition coefficient (Wildman–Crippen LogP) is 0.965. The number of nitrogens with zero attached hydrogens (tertiary/aromatic N) is 1. The molecule has 1 aliphatic heterocycles. The first kappa shape index (κ1) is 38.7. The average Bonchev–Trinajstić information content (AvgIpc) is 3.68. The number of esters is 1. The monoisotopic (exact) mass is 664 g/mol. The molecule has 0 aromatic heterocycles. The van der Waals surface area contributed by atoms with Gasteiger partial charge < -0.3 is 41.7 Å². The van der Waals surface area contributed by atoms with Crippen molar-refractivity contribution in [3.63, 3.8) is 0 Å². The summed E-state index contributed by atoms with van der Waals surface area (Å²) < 4.78 is 5.81. The van der Waals surface area contributed by atoms with E-state index in [0.717, 1.165) is 57.8 Å². The number of cyclic esters (lactones) is 1. The second-order valence-corrected chi connectivity index (χ2v) is 14.0. The van der Waals surface area contributed by atoms with Crippen LogP contribution in [0.1, 0.15) is 98.3 Å². The van der Waals surface area contributed by atoms with Gasteiger partial charge in [-0.25, -0.2) is 0 Å². The molecule has 3 fully saturated rings. The van der Waals surface area contributed by atoms with E-state index in [9.17, 15) is 29.1 Å². The first-order chi connectivity index (χ1) is 22.4. The van der Waals surface area contributed by atoms with Gasteiger partial charge in [-0.2, -0.15) is 0 Å². The number of nitrogens with two attached hydrogens (primary N) is 1. The Bertz CT molecular complexity index is 1070. The molecule has 3 aliphatic rings. The molecule has 4 amide bonds. The van der Waals surface area contributed by atoms with Gasteiger partial charge in [0.15, 0.2) is 0 Å². The van der Waals surface area contributed by atoms with Crippen LogP contribution in [0.15, 0.2) is 0 Å². The van der Waals surface area contributed by atoms with Gasteiger partial charge in [0.2, 0.25) is 23.6 Å². The van der Waals surface area contributed by atoms with Crippen LogP contribution in [0.25, 0.3) is 0 Å². The van der Waals surface area contributed by atoms with Crippen molar-refractivity contribution in [3.8, 4) is 0 Å². The molecule has 10 atom stereocenters. The molecule has 2 aliphatic carbocycles. The van der Waals surface area contributed by atoms with Gasteiger partial charge in [-0.05, 0) is 63.2 Å². The number of carbonyl (C=O) groups is 5. The molecule has 13 heteroatoms. The fourth-order valence-electron chi connectivity index (χ4n) is 7.64. The minimum absolute atomic E-state index is 0.0782. The zero-order chi connectivity index (χ0) is 34.7. The smallest absolute Gasteiger partial charge is 0.325 e. The van der Waals surface area contributed by atoms with E-state index in [1.807, 2.05) is 6.92 Å². The number of nitrogens with one attached hydrogen (secondary N) is 4. The lowest BCUT2D eigenvalue weighted by atomic mass is 9.82. The maximum Gasteiger partial charge on any atom is 0.325 e. The number of aliphatic hydroxyl groups excluding tert-OH is 1. The van der Waals surface area contributed by atoms with Gasteiger partial charge in [0, 0.05) is 26.2 Å². The highest BCUT2D eigenvalue weighted by Gasteiger charge is 2.46. The summed E-state index contributed by atoms with van der Waals surface area (Å²) in [7, 11) is 1.76. The minimum Gasteiger partial charge on any atom is -0.460 e. The highest BCUT2D eigenvalue weighted by Crippen LogP contribution is 2.49. The number of unbranched alkanes of at least 4 members (excludes halogenated alkanes) is 3. The third kappa shape index (κ3) is 10.6. The summed E-state index contributed by atoms with van der Waals surface area (Å²) in [5, 5.41) is 21.6. The number of ether oxygens (including phenoxy) is 1. The van der Waals surface area contributed by atoms with Gasteiger partial charge in [-0.15, -0.1) is 0 Å². The van der Waals surface area contributed by atoms with Crippen LogP contribution in [0.2, 0.25) is 0 Å². The highest BCUT2D eigenvalue weighted by molar-refractivity contribution is 5.94. The van der Waals surface area contributed by atoms with Gasteiger partial charge in [-0.1, -0.05) is 52.9 Å². The van der Waals surface area contributed by atoms with E-state index in [1.54, 1.807) is 18.9 Å². The maximum absolute atomic E-state index is 13.9. The SMILES string of the molecule is CCCCCC[C@H]1OC(=O)CNC(=O)[C@H]([C@H](C)O)NC(=O)[C@H](CN)NC(=O)C(C2CC3CCC2C3)NC[C@H](CCC)N(C)C(=O)[C@@H]1C. The summed E-state index contributed by atoms with van der Waals surface area (Å²) in [4.78, 5) is 68.9. The van der Waals surface area contributed by atoms with Crippen molar-refractivity contribution < 1.29 is 33.8 Å². The number of fused-ring (bicyclic) bond motifs is 2. The lowest BCUT2D eigenvalue weighted by molar-refractivity contribution is -0.156. The van der Waals surface area contributed by atoms with E-state index in [-0.39, 0.29) is 30.3 Å². The zero-order valence-corrected chi connectivity index (χ0v) is 29.1. The highest BCUT2D eigenvalue weighted by atomic mass is 16.5. The summed E-state index contributed by atoms with van der Waals surface area (Å²) >= 11 is 0. The summed E-state index contributed by atoms with van der Waals surface area (Å²) in [5.41, 5.74) is 5.94. The molecule has 4 unspecified atom stereocenters. The van der Waals surface area contributed by atoms with E-state index in [1.165, 1.54) is 6.92 Å². The van der Waals surface area contributed by atoms with E-state index >= 15 is 0 Å². The molecule has 0 aromatic rings. The van der Waals surface area contributed by atoms with Crippen molar-refractivity contribution in [2.75, 3.05) is 26.7 Å². The standard InChI is InChI=1S/C34H60N6O7/c1-6-8-9-10-12-27-20(3)34(46)40(5)24(11-7-2)18-36-30(25-16-22-13-14-23(25)15-22)33(45)38-26(17-35)31(43)39-29(21(4)41)32(44)37-19-28(42)47-27/h20-27,29-30,36,41H,6-19,35H2,1-5H3,(H,37,44)(H,38,45)(H,39,43)/t20-,21+,22?,23?,24+,25?,26+,27-,29+,30?/m1/s1. The number of carbonyl (C=O) groups excluding carboxylic acids is 5. The number of aliphatic hydroxyl groups is 1. The van der Waals surface area contributed by atoms with Gasteiger partial charge in [0.05, 0.1) is 18.1 Å². The number of hydrogen-bond donors (Lipinski definition) is 6. The summed E-state index contributed by atoms with van der Waals surface area (Å²) in [6.07, 6.45) is 7.98. The van der Waals surface area contributed by atoms with E-state index in [4.69, 9.17) is 10.5 Å². The molecule has 2 saturated carbocycles. The van der Waals surface area contributed by atoms with Crippen molar-refractivity contribution in [2.45, 2.75) is 135 Å². The van der Waals surface area contributed by atoms with E-state index in [2.05, 4.69) is 28.2 Å². The van der Waals surface area contributed by atoms with Crippen LogP contribution in [-0.2, 0) is 28.7 Å². The van der Waals surface area contributed by atoms with Crippen molar-refractivity contribution in [3.05, 3.63) is 0 Å². The van der Waals surface area contributed by atoms with Gasteiger partial charge >= 0.3 is 5.97 Å². The third-order valence-corrected chi connectivity index (χ3v) is 10.5. The summed E-state index contributed by atoms with van der Waals surface area (Å²) in [6.45, 7) is 6.90. The van der Waals surface area contributed by atoms with Gasteiger partial charge in [0.1, 0.15) is 24.7 Å². The van der Waals surface area contributed by atoms with Gasteiger partial charge in [-0.3, -0.25) is 24.0 Å². The maximum atomic E-state index is 13.9. The normalized spacial score (nSPS) is 34.1. The second kappa shape index (κ2) is 18.7. The molecule has 0 aromatic carbocycles. The molecule has 0 spiro atoms. The number of rotatable bonds is 10. The molecular formula is C34H60N6O7. The Morgan fingerprint density at radius 1 is 0.957 bits per heavy atom. The van der Waals surface area contributed by atoms with Crippen molar-refractivity contribution >= 4 is 29.6 Å². The molecule has 7 N–H and O–H groups in total. The summed E-state index contributed by atoms with van der Waals surface area (Å²) in [5.74, 6) is -2.34. The predicted molar refractivity (Wildman–Crippen MR) is 178 cm³/mol. The summed E-state index contributed by atoms with van der Waals surface area (Å²) in [6, 6.07) is -3.38. The van der Waals surface area contributed by atoms with E-state index in [0.29, 0.717) is 31.2 Å².